The van der Waals surface area contributed by atoms with Gasteiger partial charge in [0.2, 0.25) is 5.82 Å². The van der Waals surface area contributed by atoms with Crippen molar-refractivity contribution >= 4 is 17.7 Å². The van der Waals surface area contributed by atoms with Crippen LogP contribution < -0.4 is 10.1 Å². The number of benzene rings is 1. The molecular formula is C27H31F6N3O5. The van der Waals surface area contributed by atoms with Crippen LogP contribution in [0, 0.1) is 23.4 Å². The number of anilines is 1. The minimum atomic E-state index is -4.97. The number of nitrogens with zero attached hydrogens (tertiary/aromatic N) is 2. The lowest BCUT2D eigenvalue weighted by Crippen LogP contribution is -2.47. The van der Waals surface area contributed by atoms with Crippen LogP contribution in [0.5, 0.6) is 5.75 Å². The Morgan fingerprint density at radius 3 is 2.34 bits per heavy atom. The summed E-state index contributed by atoms with van der Waals surface area (Å²) >= 11 is 0. The van der Waals surface area contributed by atoms with Gasteiger partial charge in [0.1, 0.15) is 11.7 Å². The van der Waals surface area contributed by atoms with Gasteiger partial charge in [0.25, 0.3) is 5.91 Å². The number of nitrogens with one attached hydrogen (secondary N) is 1. The van der Waals surface area contributed by atoms with E-state index in [0.717, 1.165) is 44.2 Å². The maximum absolute atomic E-state index is 14.7. The summed E-state index contributed by atoms with van der Waals surface area (Å²) in [5.74, 6) is -8.61. The lowest BCUT2D eigenvalue weighted by atomic mass is 9.77. The number of alkyl halides is 3. The smallest absolute Gasteiger partial charge is 0.417 e. The summed E-state index contributed by atoms with van der Waals surface area (Å²) < 4.78 is 101. The fourth-order valence-electron chi connectivity index (χ4n) is 4.56. The first-order valence-electron chi connectivity index (χ1n) is 12.5. The molecule has 0 spiro atoms. The maximum Gasteiger partial charge on any atom is 0.417 e. The van der Waals surface area contributed by atoms with E-state index in [1.165, 1.54) is 7.05 Å². The second-order valence-corrected chi connectivity index (χ2v) is 10.9. The fraction of sp³-hybridized carbons (Fsp3) is 0.519. The van der Waals surface area contributed by atoms with Crippen molar-refractivity contribution in [3.8, 4) is 5.75 Å². The van der Waals surface area contributed by atoms with E-state index < -0.39 is 76.2 Å². The van der Waals surface area contributed by atoms with Crippen molar-refractivity contribution in [2.24, 2.45) is 5.92 Å². The first-order valence-corrected chi connectivity index (χ1v) is 12.5. The first-order chi connectivity index (χ1) is 18.8. The van der Waals surface area contributed by atoms with Crippen molar-refractivity contribution < 1.29 is 50.1 Å². The van der Waals surface area contributed by atoms with Gasteiger partial charge >= 0.3 is 12.3 Å². The van der Waals surface area contributed by atoms with Crippen molar-refractivity contribution in [2.45, 2.75) is 70.6 Å². The van der Waals surface area contributed by atoms with Crippen LogP contribution in [0.2, 0.25) is 0 Å². The summed E-state index contributed by atoms with van der Waals surface area (Å²) in [5.41, 5.74) is -4.23. The average Bonchev–Trinajstić information content (AvgIpc) is 3.13. The normalized spacial score (nSPS) is 22.8. The Morgan fingerprint density at radius 1 is 1.15 bits per heavy atom. The summed E-state index contributed by atoms with van der Waals surface area (Å²) in [6.45, 7) is 6.74. The van der Waals surface area contributed by atoms with Gasteiger partial charge in [-0.1, -0.05) is 13.0 Å². The SMILES string of the molecule is COc1c([C@H]2[C@H](C(=O)Nc3cc(CN(C)C(=O)OC(C)(C)C)ncc3F)O[C@@](C)(C(F)(F)F)[C@H]2C)ccc(F)c1F. The van der Waals surface area contributed by atoms with Gasteiger partial charge in [0, 0.05) is 24.4 Å². The summed E-state index contributed by atoms with van der Waals surface area (Å²) in [6.07, 6.45) is -6.82. The predicted molar refractivity (Wildman–Crippen MR) is 135 cm³/mol. The molecule has 8 nitrogen and oxygen atoms in total. The highest BCUT2D eigenvalue weighted by atomic mass is 19.4. The van der Waals surface area contributed by atoms with Crippen LogP contribution in [0.25, 0.3) is 0 Å². The standard InChI is InChI=1S/C27H31F6N3O5/c1-13-19(15-8-9-16(28)20(30)21(15)39-7)22(40-26(13,5)27(31,32)33)23(37)35-18-10-14(34-11-17(18)29)12-36(6)24(38)41-25(2,3)4/h8-11,13,19,22H,12H2,1-7H3,(H,34,35,37)/t13-,19-,22+,26+/m0/s1. The largest absolute Gasteiger partial charge is 0.493 e. The zero-order chi connectivity index (χ0) is 31.1. The van der Waals surface area contributed by atoms with Crippen LogP contribution in [-0.4, -0.2) is 59.5 Å². The molecule has 0 bridgehead atoms. The fourth-order valence-corrected chi connectivity index (χ4v) is 4.56. The van der Waals surface area contributed by atoms with E-state index in [9.17, 15) is 35.9 Å². The van der Waals surface area contributed by atoms with Crippen LogP contribution in [0.4, 0.5) is 36.8 Å². The third kappa shape index (κ3) is 6.52. The van der Waals surface area contributed by atoms with Crippen molar-refractivity contribution in [1.29, 1.82) is 0 Å². The molecule has 2 heterocycles. The Hall–Kier alpha value is -3.55. The number of rotatable bonds is 6. The monoisotopic (exact) mass is 591 g/mol. The van der Waals surface area contributed by atoms with Gasteiger partial charge in [-0.3, -0.25) is 9.78 Å². The molecule has 1 aliphatic heterocycles. The lowest BCUT2D eigenvalue weighted by molar-refractivity contribution is -0.272. The van der Waals surface area contributed by atoms with E-state index in [-0.39, 0.29) is 17.8 Å². The summed E-state index contributed by atoms with van der Waals surface area (Å²) in [7, 11) is 2.41. The van der Waals surface area contributed by atoms with E-state index in [0.29, 0.717) is 6.07 Å². The zero-order valence-corrected chi connectivity index (χ0v) is 23.5. The lowest BCUT2D eigenvalue weighted by Gasteiger charge is -2.32. The molecule has 1 N–H and O–H groups in total. The van der Waals surface area contributed by atoms with E-state index in [2.05, 4.69) is 10.3 Å². The average molecular weight is 592 g/mol. The molecule has 0 aliphatic carbocycles. The molecule has 14 heteroatoms. The summed E-state index contributed by atoms with van der Waals surface area (Å²) in [6, 6.07) is 2.82. The molecule has 0 unspecified atom stereocenters. The Balaban J connectivity index is 1.96. The molecule has 0 radical (unpaired) electrons. The first kappa shape index (κ1) is 32.0. The molecule has 2 amide bonds. The minimum Gasteiger partial charge on any atom is -0.493 e. The molecule has 1 fully saturated rings. The number of amides is 2. The van der Waals surface area contributed by atoms with Crippen molar-refractivity contribution in [3.05, 3.63) is 53.1 Å². The van der Waals surface area contributed by atoms with Gasteiger partial charge in [-0.25, -0.2) is 13.6 Å². The van der Waals surface area contributed by atoms with E-state index in [1.807, 2.05) is 0 Å². The molecule has 1 aromatic heterocycles. The second-order valence-electron chi connectivity index (χ2n) is 10.9. The Kier molecular flexibility index (Phi) is 8.87. The third-order valence-electron chi connectivity index (χ3n) is 6.84. The summed E-state index contributed by atoms with van der Waals surface area (Å²) in [5, 5.41) is 2.22. The Labute approximate surface area is 233 Å². The number of methoxy groups -OCH3 is 1. The Morgan fingerprint density at radius 2 is 1.78 bits per heavy atom. The van der Waals surface area contributed by atoms with Crippen LogP contribution in [0.3, 0.4) is 0 Å². The topological polar surface area (TPSA) is 90.0 Å². The number of hydrogen-bond donors (Lipinski definition) is 1. The maximum atomic E-state index is 14.7. The highest BCUT2D eigenvalue weighted by molar-refractivity contribution is 5.95. The molecule has 41 heavy (non-hydrogen) atoms. The van der Waals surface area contributed by atoms with Crippen molar-refractivity contribution in [1.82, 2.24) is 9.88 Å². The van der Waals surface area contributed by atoms with Gasteiger partial charge < -0.3 is 24.4 Å². The van der Waals surface area contributed by atoms with Gasteiger partial charge in [-0.2, -0.15) is 17.6 Å². The molecule has 3 rings (SSSR count). The van der Waals surface area contributed by atoms with Crippen LogP contribution >= 0.6 is 0 Å². The van der Waals surface area contributed by atoms with Crippen LogP contribution in [0.15, 0.2) is 24.4 Å². The van der Waals surface area contributed by atoms with Gasteiger partial charge in [-0.15, -0.1) is 0 Å². The number of hydrogen-bond acceptors (Lipinski definition) is 6. The molecule has 4 atom stereocenters. The summed E-state index contributed by atoms with van der Waals surface area (Å²) in [4.78, 5) is 30.7. The third-order valence-corrected chi connectivity index (χ3v) is 6.84. The molecule has 1 aromatic carbocycles. The quantitative estimate of drug-likeness (QED) is 0.418. The van der Waals surface area contributed by atoms with Crippen LogP contribution in [-0.2, 0) is 20.8 Å². The second kappa shape index (κ2) is 11.4. The van der Waals surface area contributed by atoms with Gasteiger partial charge in [0.05, 0.1) is 31.2 Å². The van der Waals surface area contributed by atoms with Crippen molar-refractivity contribution in [3.63, 3.8) is 0 Å². The Bertz CT molecular complexity index is 1320. The predicted octanol–water partition coefficient (Wildman–Crippen LogP) is 5.95. The number of aromatic nitrogens is 1. The van der Waals surface area contributed by atoms with Gasteiger partial charge in [-0.05, 0) is 39.8 Å². The molecular weight excluding hydrogens is 560 g/mol. The van der Waals surface area contributed by atoms with Crippen LogP contribution in [0.1, 0.15) is 51.8 Å². The number of halogens is 6. The number of ether oxygens (including phenoxy) is 3. The highest BCUT2D eigenvalue weighted by Crippen LogP contribution is 2.55. The van der Waals surface area contributed by atoms with Crippen molar-refractivity contribution in [2.75, 3.05) is 19.5 Å². The molecule has 0 saturated carbocycles. The molecule has 1 saturated heterocycles. The number of carbonyl (C=O) groups excluding carboxylic acids is 2. The zero-order valence-electron chi connectivity index (χ0n) is 23.5. The number of pyridine rings is 1. The molecule has 226 valence electrons. The number of carbonyl (C=O) groups is 2. The van der Waals surface area contributed by atoms with E-state index in [1.54, 1.807) is 20.8 Å². The molecule has 1 aliphatic rings. The minimum absolute atomic E-state index is 0.120. The van der Waals surface area contributed by atoms with E-state index in [4.69, 9.17) is 14.2 Å². The van der Waals surface area contributed by atoms with Gasteiger partial charge in [0.15, 0.2) is 23.0 Å². The molecule has 2 aromatic rings. The highest BCUT2D eigenvalue weighted by Gasteiger charge is 2.66. The van der Waals surface area contributed by atoms with E-state index >= 15 is 0 Å².